The van der Waals surface area contributed by atoms with Gasteiger partial charge in [0.15, 0.2) is 12.4 Å². The SMILES string of the molecule is COc1ccc(NC(=O)COC(=O)c2cnn(-c3ccccn3)c2C(C)C)cc1. The average molecular weight is 394 g/mol. The minimum absolute atomic E-state index is 0.00446. The molecule has 1 N–H and O–H groups in total. The molecule has 29 heavy (non-hydrogen) atoms. The zero-order valence-corrected chi connectivity index (χ0v) is 16.5. The van der Waals surface area contributed by atoms with Crippen molar-refractivity contribution in [3.05, 3.63) is 66.1 Å². The number of pyridine rings is 1. The molecule has 0 saturated heterocycles. The van der Waals surface area contributed by atoms with Crippen molar-refractivity contribution in [3.63, 3.8) is 0 Å². The van der Waals surface area contributed by atoms with Crippen LogP contribution in [-0.4, -0.2) is 40.4 Å². The van der Waals surface area contributed by atoms with Crippen LogP contribution in [-0.2, 0) is 9.53 Å². The van der Waals surface area contributed by atoms with Gasteiger partial charge in [0.25, 0.3) is 5.91 Å². The van der Waals surface area contributed by atoms with Gasteiger partial charge in [-0.05, 0) is 42.3 Å². The summed E-state index contributed by atoms with van der Waals surface area (Å²) in [6, 6.07) is 12.3. The standard InChI is InChI=1S/C21H22N4O4/c1-14(2)20-17(12-23-25(20)18-6-4-5-11-22-18)21(27)29-13-19(26)24-15-7-9-16(28-3)10-8-15/h4-12,14H,13H2,1-3H3,(H,24,26). The first kappa shape index (κ1) is 20.1. The van der Waals surface area contributed by atoms with E-state index in [0.29, 0.717) is 28.5 Å². The predicted molar refractivity (Wildman–Crippen MR) is 107 cm³/mol. The Hall–Kier alpha value is -3.68. The van der Waals surface area contributed by atoms with Crippen molar-refractivity contribution in [1.29, 1.82) is 0 Å². The molecule has 0 bridgehead atoms. The molecule has 150 valence electrons. The van der Waals surface area contributed by atoms with Gasteiger partial charge in [0.1, 0.15) is 11.3 Å². The van der Waals surface area contributed by atoms with Crippen LogP contribution in [0.4, 0.5) is 5.69 Å². The molecule has 3 rings (SSSR count). The first-order valence-corrected chi connectivity index (χ1v) is 9.10. The molecule has 0 aliphatic heterocycles. The van der Waals surface area contributed by atoms with Crippen molar-refractivity contribution < 1.29 is 19.1 Å². The minimum atomic E-state index is -0.610. The highest BCUT2D eigenvalue weighted by Crippen LogP contribution is 2.23. The molecule has 0 aliphatic rings. The number of amides is 1. The van der Waals surface area contributed by atoms with Crippen molar-refractivity contribution in [2.75, 3.05) is 19.0 Å². The fourth-order valence-electron chi connectivity index (χ4n) is 2.81. The van der Waals surface area contributed by atoms with E-state index in [-0.39, 0.29) is 5.92 Å². The molecule has 0 aliphatic carbocycles. The number of anilines is 1. The maximum absolute atomic E-state index is 12.6. The number of carbonyl (C=O) groups excluding carboxylic acids is 2. The Kier molecular flexibility index (Phi) is 6.23. The van der Waals surface area contributed by atoms with E-state index >= 15 is 0 Å². The highest BCUT2D eigenvalue weighted by molar-refractivity contribution is 5.96. The van der Waals surface area contributed by atoms with E-state index in [1.165, 1.54) is 6.20 Å². The Morgan fingerprint density at radius 1 is 1.14 bits per heavy atom. The van der Waals surface area contributed by atoms with Crippen LogP contribution >= 0.6 is 0 Å². The number of hydrogen-bond acceptors (Lipinski definition) is 6. The number of benzene rings is 1. The molecule has 2 heterocycles. The first-order chi connectivity index (χ1) is 14.0. The number of nitrogens with one attached hydrogen (secondary N) is 1. The molecule has 0 spiro atoms. The topological polar surface area (TPSA) is 95.3 Å². The van der Waals surface area contributed by atoms with Crippen molar-refractivity contribution in [3.8, 4) is 11.6 Å². The van der Waals surface area contributed by atoms with Crippen molar-refractivity contribution in [2.24, 2.45) is 0 Å². The number of esters is 1. The zero-order chi connectivity index (χ0) is 20.8. The van der Waals surface area contributed by atoms with E-state index in [1.54, 1.807) is 54.4 Å². The summed E-state index contributed by atoms with van der Waals surface area (Å²) in [5, 5.41) is 6.95. The minimum Gasteiger partial charge on any atom is -0.497 e. The molecule has 8 nitrogen and oxygen atoms in total. The largest absolute Gasteiger partial charge is 0.497 e. The van der Waals surface area contributed by atoms with Crippen LogP contribution in [0.2, 0.25) is 0 Å². The Balaban J connectivity index is 1.67. The fraction of sp³-hybridized carbons (Fsp3) is 0.238. The van der Waals surface area contributed by atoms with Crippen LogP contribution in [0.5, 0.6) is 5.75 Å². The number of aromatic nitrogens is 3. The molecule has 0 saturated carbocycles. The average Bonchev–Trinajstić information content (AvgIpc) is 3.19. The lowest BCUT2D eigenvalue weighted by molar-refractivity contribution is -0.119. The third kappa shape index (κ3) is 4.78. The summed E-state index contributed by atoms with van der Waals surface area (Å²) < 4.78 is 11.9. The van der Waals surface area contributed by atoms with Gasteiger partial charge in [-0.3, -0.25) is 4.79 Å². The molecule has 0 unspecified atom stereocenters. The predicted octanol–water partition coefficient (Wildman–Crippen LogP) is 3.19. The normalized spacial score (nSPS) is 10.6. The van der Waals surface area contributed by atoms with E-state index in [1.807, 2.05) is 19.9 Å². The van der Waals surface area contributed by atoms with Gasteiger partial charge in [0.2, 0.25) is 0 Å². The van der Waals surface area contributed by atoms with Gasteiger partial charge < -0.3 is 14.8 Å². The quantitative estimate of drug-likeness (QED) is 0.619. The summed E-state index contributed by atoms with van der Waals surface area (Å²) in [4.78, 5) is 28.9. The Morgan fingerprint density at radius 3 is 2.52 bits per heavy atom. The van der Waals surface area contributed by atoms with Crippen LogP contribution in [0.1, 0.15) is 35.8 Å². The molecule has 3 aromatic rings. The van der Waals surface area contributed by atoms with Gasteiger partial charge in [-0.1, -0.05) is 19.9 Å². The van der Waals surface area contributed by atoms with Crippen LogP contribution in [0.15, 0.2) is 54.9 Å². The number of ether oxygens (including phenoxy) is 2. The summed E-state index contributed by atoms with van der Waals surface area (Å²) in [6.45, 7) is 3.49. The van der Waals surface area contributed by atoms with Crippen molar-refractivity contribution >= 4 is 17.6 Å². The number of methoxy groups -OCH3 is 1. The van der Waals surface area contributed by atoms with Crippen molar-refractivity contribution in [1.82, 2.24) is 14.8 Å². The lowest BCUT2D eigenvalue weighted by Crippen LogP contribution is -2.21. The van der Waals surface area contributed by atoms with Gasteiger partial charge >= 0.3 is 5.97 Å². The smallest absolute Gasteiger partial charge is 0.342 e. The second-order valence-corrected chi connectivity index (χ2v) is 6.55. The molecule has 1 aromatic carbocycles. The maximum Gasteiger partial charge on any atom is 0.342 e. The first-order valence-electron chi connectivity index (χ1n) is 9.10. The summed E-state index contributed by atoms with van der Waals surface area (Å²) in [7, 11) is 1.56. The second kappa shape index (κ2) is 9.01. The van der Waals surface area contributed by atoms with Gasteiger partial charge in [-0.15, -0.1) is 0 Å². The molecule has 1 amide bonds. The molecular weight excluding hydrogens is 372 g/mol. The molecule has 0 atom stereocenters. The highest BCUT2D eigenvalue weighted by Gasteiger charge is 2.23. The van der Waals surface area contributed by atoms with Crippen LogP contribution in [0.3, 0.4) is 0 Å². The summed E-state index contributed by atoms with van der Waals surface area (Å²) in [6.07, 6.45) is 3.09. The fourth-order valence-corrected chi connectivity index (χ4v) is 2.81. The van der Waals surface area contributed by atoms with Crippen molar-refractivity contribution in [2.45, 2.75) is 19.8 Å². The molecule has 0 radical (unpaired) electrons. The van der Waals surface area contributed by atoms with Gasteiger partial charge in [0.05, 0.1) is 19.0 Å². The lowest BCUT2D eigenvalue weighted by Gasteiger charge is -2.12. The molecule has 0 fully saturated rings. The number of nitrogens with zero attached hydrogens (tertiary/aromatic N) is 3. The highest BCUT2D eigenvalue weighted by atomic mass is 16.5. The summed E-state index contributed by atoms with van der Waals surface area (Å²) in [5.74, 6) is 0.232. The summed E-state index contributed by atoms with van der Waals surface area (Å²) in [5.41, 5.74) is 1.56. The number of carbonyl (C=O) groups is 2. The van der Waals surface area contributed by atoms with E-state index < -0.39 is 18.5 Å². The number of rotatable bonds is 7. The monoisotopic (exact) mass is 394 g/mol. The van der Waals surface area contributed by atoms with Gasteiger partial charge in [0, 0.05) is 11.9 Å². The van der Waals surface area contributed by atoms with E-state index in [9.17, 15) is 9.59 Å². The third-order valence-electron chi connectivity index (χ3n) is 4.15. The van der Waals surface area contributed by atoms with E-state index in [0.717, 1.165) is 0 Å². The lowest BCUT2D eigenvalue weighted by atomic mass is 10.1. The molecular formula is C21H22N4O4. The van der Waals surface area contributed by atoms with Crippen LogP contribution in [0.25, 0.3) is 5.82 Å². The van der Waals surface area contributed by atoms with Gasteiger partial charge in [-0.25, -0.2) is 14.5 Å². The second-order valence-electron chi connectivity index (χ2n) is 6.55. The number of hydrogen-bond donors (Lipinski definition) is 1. The maximum atomic E-state index is 12.6. The van der Waals surface area contributed by atoms with Crippen LogP contribution < -0.4 is 10.1 Å². The third-order valence-corrected chi connectivity index (χ3v) is 4.15. The van der Waals surface area contributed by atoms with Gasteiger partial charge in [-0.2, -0.15) is 5.10 Å². The van der Waals surface area contributed by atoms with E-state index in [2.05, 4.69) is 15.4 Å². The molecule has 2 aromatic heterocycles. The zero-order valence-electron chi connectivity index (χ0n) is 16.5. The Bertz CT molecular complexity index is 982. The summed E-state index contributed by atoms with van der Waals surface area (Å²) >= 11 is 0. The Morgan fingerprint density at radius 2 is 1.90 bits per heavy atom. The van der Waals surface area contributed by atoms with E-state index in [4.69, 9.17) is 9.47 Å². The molecule has 8 heteroatoms. The van der Waals surface area contributed by atoms with Crippen LogP contribution in [0, 0.1) is 0 Å². The Labute approximate surface area is 168 Å².